The molecule has 1 aromatic carbocycles. The zero-order valence-corrected chi connectivity index (χ0v) is 13.2. The second kappa shape index (κ2) is 6.05. The Balaban J connectivity index is 1.79. The fraction of sp³-hybridized carbons (Fsp3) is 0.438. The quantitative estimate of drug-likeness (QED) is 0.806. The molecule has 6 nitrogen and oxygen atoms in total. The molecule has 9 heteroatoms. The summed E-state index contributed by atoms with van der Waals surface area (Å²) in [5.41, 5.74) is 0.375. The monoisotopic (exact) mass is 355 g/mol. The van der Waals surface area contributed by atoms with Crippen molar-refractivity contribution in [2.75, 3.05) is 13.1 Å². The Hall–Kier alpha value is -2.58. The van der Waals surface area contributed by atoms with E-state index in [1.54, 1.807) is 17.4 Å². The minimum Gasteiger partial charge on any atom is -0.345 e. The first-order valence-electron chi connectivity index (χ1n) is 7.79. The summed E-state index contributed by atoms with van der Waals surface area (Å²) < 4.78 is 36.5. The number of nitrogens with zero attached hydrogens (tertiary/aromatic N) is 1. The Morgan fingerprint density at radius 3 is 2.72 bits per heavy atom. The van der Waals surface area contributed by atoms with Crippen molar-refractivity contribution in [1.29, 1.82) is 0 Å². The number of nitrogens with one attached hydrogen (secondary N) is 2. The number of amides is 4. The van der Waals surface area contributed by atoms with Gasteiger partial charge in [-0.15, -0.1) is 0 Å². The molecule has 1 aromatic rings. The fourth-order valence-corrected chi connectivity index (χ4v) is 3.35. The summed E-state index contributed by atoms with van der Waals surface area (Å²) in [6.45, 7) is -2.26. The zero-order valence-electron chi connectivity index (χ0n) is 13.2. The first-order valence-corrected chi connectivity index (χ1v) is 7.79. The Labute approximate surface area is 141 Å². The predicted molar refractivity (Wildman–Crippen MR) is 80.4 cm³/mol. The number of urea groups is 1. The van der Waals surface area contributed by atoms with Gasteiger partial charge in [-0.3, -0.25) is 14.5 Å². The highest BCUT2D eigenvalue weighted by molar-refractivity contribution is 6.09. The van der Waals surface area contributed by atoms with E-state index in [4.69, 9.17) is 0 Å². The van der Waals surface area contributed by atoms with Crippen LogP contribution >= 0.6 is 0 Å². The third kappa shape index (κ3) is 3.18. The molecule has 0 unspecified atom stereocenters. The predicted octanol–water partition coefficient (Wildman–Crippen LogP) is 1.45. The van der Waals surface area contributed by atoms with Gasteiger partial charge in [-0.25, -0.2) is 4.79 Å². The van der Waals surface area contributed by atoms with Crippen LogP contribution in [0.2, 0.25) is 0 Å². The van der Waals surface area contributed by atoms with Crippen LogP contribution in [0, 0.1) is 0 Å². The van der Waals surface area contributed by atoms with Gasteiger partial charge < -0.3 is 10.6 Å². The van der Waals surface area contributed by atoms with E-state index >= 15 is 0 Å². The maximum absolute atomic E-state index is 12.8. The van der Waals surface area contributed by atoms with Crippen LogP contribution in [-0.2, 0) is 21.5 Å². The van der Waals surface area contributed by atoms with Crippen LogP contribution in [0.3, 0.4) is 0 Å². The molecule has 25 heavy (non-hydrogen) atoms. The topological polar surface area (TPSA) is 78.5 Å². The number of halogens is 3. The number of hydrogen-bond acceptors (Lipinski definition) is 3. The summed E-state index contributed by atoms with van der Waals surface area (Å²) in [6, 6.07) is 6.43. The minimum absolute atomic E-state index is 0.384. The maximum atomic E-state index is 12.8. The van der Waals surface area contributed by atoms with Gasteiger partial charge in [0.2, 0.25) is 5.91 Å². The molecule has 0 aromatic heterocycles. The number of carbonyl (C=O) groups excluding carboxylic acids is 3. The van der Waals surface area contributed by atoms with Gasteiger partial charge in [0.05, 0.1) is 0 Å². The number of hydrogen-bond donors (Lipinski definition) is 2. The highest BCUT2D eigenvalue weighted by Gasteiger charge is 2.54. The van der Waals surface area contributed by atoms with Crippen molar-refractivity contribution in [3.63, 3.8) is 0 Å². The molecule has 0 bridgehead atoms. The Bertz CT molecular complexity index is 735. The molecule has 1 heterocycles. The molecule has 1 fully saturated rings. The molecule has 1 aliphatic heterocycles. The van der Waals surface area contributed by atoms with Crippen molar-refractivity contribution in [3.05, 3.63) is 35.4 Å². The van der Waals surface area contributed by atoms with Crippen LogP contribution in [0.1, 0.15) is 24.0 Å². The summed E-state index contributed by atoms with van der Waals surface area (Å²) in [5.74, 6) is -1.64. The third-order valence-corrected chi connectivity index (χ3v) is 4.44. The third-order valence-electron chi connectivity index (χ3n) is 4.44. The van der Waals surface area contributed by atoms with E-state index in [2.05, 4.69) is 5.32 Å². The first kappa shape index (κ1) is 17.2. The number of rotatable bonds is 3. The van der Waals surface area contributed by atoms with Crippen molar-refractivity contribution in [1.82, 2.24) is 15.5 Å². The first-order chi connectivity index (χ1) is 11.7. The lowest BCUT2D eigenvalue weighted by atomic mass is 9.76. The highest BCUT2D eigenvalue weighted by Crippen LogP contribution is 2.39. The van der Waals surface area contributed by atoms with Crippen LogP contribution in [0.25, 0.3) is 0 Å². The smallest absolute Gasteiger partial charge is 0.345 e. The molecular weight excluding hydrogens is 339 g/mol. The standard InChI is InChI=1S/C16H16F3N3O3/c17-16(18,19)9-20-12(23)8-22-13(24)15(21-14(22)25)7-3-5-10-4-1-2-6-11(10)15/h1-2,4,6H,3,5,7-9H2,(H,20,23)(H,21,25)/t15-/m0/s1. The van der Waals surface area contributed by atoms with E-state index in [9.17, 15) is 27.6 Å². The minimum atomic E-state index is -4.56. The van der Waals surface area contributed by atoms with Gasteiger partial charge in [-0.1, -0.05) is 24.3 Å². The molecule has 2 N–H and O–H groups in total. The summed E-state index contributed by atoms with van der Waals surface area (Å²) in [4.78, 5) is 37.4. The van der Waals surface area contributed by atoms with Crippen molar-refractivity contribution >= 4 is 17.8 Å². The molecular formula is C16H16F3N3O3. The van der Waals surface area contributed by atoms with Gasteiger partial charge in [0.15, 0.2) is 0 Å². The number of imide groups is 1. The van der Waals surface area contributed by atoms with E-state index in [1.165, 1.54) is 0 Å². The average Bonchev–Trinajstić information content (AvgIpc) is 2.78. The van der Waals surface area contributed by atoms with Gasteiger partial charge in [0.25, 0.3) is 5.91 Å². The van der Waals surface area contributed by atoms with Gasteiger partial charge >= 0.3 is 12.2 Å². The second-order valence-corrected chi connectivity index (χ2v) is 6.13. The summed E-state index contributed by atoms with van der Waals surface area (Å²) >= 11 is 0. The number of fused-ring (bicyclic) bond motifs is 2. The molecule has 1 saturated heterocycles. The SMILES string of the molecule is O=C(CN1C(=O)N[C@]2(CCCc3ccccc32)C1=O)NCC(F)(F)F. The van der Waals surface area contributed by atoms with Crippen molar-refractivity contribution < 1.29 is 27.6 Å². The Kier molecular flexibility index (Phi) is 4.18. The van der Waals surface area contributed by atoms with Crippen LogP contribution in [0.5, 0.6) is 0 Å². The van der Waals surface area contributed by atoms with E-state index < -0.39 is 42.7 Å². The normalized spacial score (nSPS) is 22.8. The average molecular weight is 355 g/mol. The summed E-state index contributed by atoms with van der Waals surface area (Å²) in [7, 11) is 0. The Morgan fingerprint density at radius 2 is 2.00 bits per heavy atom. The zero-order chi connectivity index (χ0) is 18.2. The van der Waals surface area contributed by atoms with E-state index in [1.807, 2.05) is 12.1 Å². The van der Waals surface area contributed by atoms with E-state index in [0.717, 1.165) is 12.0 Å². The van der Waals surface area contributed by atoms with Crippen LogP contribution < -0.4 is 10.6 Å². The lowest BCUT2D eigenvalue weighted by molar-refractivity contribution is -0.141. The van der Waals surface area contributed by atoms with Crippen LogP contribution in [0.15, 0.2) is 24.3 Å². The van der Waals surface area contributed by atoms with Gasteiger partial charge in [-0.05, 0) is 30.4 Å². The van der Waals surface area contributed by atoms with Crippen LogP contribution in [-0.4, -0.2) is 42.0 Å². The lowest BCUT2D eigenvalue weighted by Crippen LogP contribution is -2.47. The summed E-state index contributed by atoms with van der Waals surface area (Å²) in [5, 5.41) is 4.30. The lowest BCUT2D eigenvalue weighted by Gasteiger charge is -2.33. The number of aryl methyl sites for hydroxylation is 1. The van der Waals surface area contributed by atoms with Crippen molar-refractivity contribution in [2.45, 2.75) is 31.0 Å². The Morgan fingerprint density at radius 1 is 1.28 bits per heavy atom. The molecule has 2 aliphatic rings. The molecule has 3 rings (SSSR count). The molecule has 1 aliphatic carbocycles. The van der Waals surface area contributed by atoms with Crippen molar-refractivity contribution in [2.24, 2.45) is 0 Å². The molecule has 0 radical (unpaired) electrons. The summed E-state index contributed by atoms with van der Waals surface area (Å²) in [6.07, 6.45) is -2.73. The second-order valence-electron chi connectivity index (χ2n) is 6.13. The number of benzene rings is 1. The van der Waals surface area contributed by atoms with Gasteiger partial charge in [0, 0.05) is 0 Å². The number of carbonyl (C=O) groups is 3. The van der Waals surface area contributed by atoms with Crippen molar-refractivity contribution in [3.8, 4) is 0 Å². The number of alkyl halides is 3. The highest BCUT2D eigenvalue weighted by atomic mass is 19.4. The maximum Gasteiger partial charge on any atom is 0.405 e. The molecule has 4 amide bonds. The van der Waals surface area contributed by atoms with Gasteiger partial charge in [-0.2, -0.15) is 13.2 Å². The molecule has 1 atom stereocenters. The molecule has 1 spiro atoms. The molecule has 0 saturated carbocycles. The van der Waals surface area contributed by atoms with E-state index in [0.29, 0.717) is 23.3 Å². The molecule has 134 valence electrons. The largest absolute Gasteiger partial charge is 0.405 e. The van der Waals surface area contributed by atoms with E-state index in [-0.39, 0.29) is 0 Å². The van der Waals surface area contributed by atoms with Crippen LogP contribution in [0.4, 0.5) is 18.0 Å². The van der Waals surface area contributed by atoms with Gasteiger partial charge in [0.1, 0.15) is 18.6 Å². The fourth-order valence-electron chi connectivity index (χ4n) is 3.35.